The van der Waals surface area contributed by atoms with Crippen molar-refractivity contribution in [2.24, 2.45) is 5.92 Å². The molecule has 15 heavy (non-hydrogen) atoms. The topological polar surface area (TPSA) is 74.7 Å². The third-order valence-electron chi connectivity index (χ3n) is 3.03. The lowest BCUT2D eigenvalue weighted by Crippen LogP contribution is -2.40. The maximum atomic E-state index is 11.9. The molecule has 0 amide bonds. The maximum absolute atomic E-state index is 11.9. The van der Waals surface area contributed by atoms with E-state index in [4.69, 9.17) is 5.11 Å². The summed E-state index contributed by atoms with van der Waals surface area (Å²) >= 11 is 0. The summed E-state index contributed by atoms with van der Waals surface area (Å²) in [5.41, 5.74) is 0. The zero-order valence-electron chi connectivity index (χ0n) is 9.01. The molecule has 0 radical (unpaired) electrons. The molecule has 0 aromatic heterocycles. The summed E-state index contributed by atoms with van der Waals surface area (Å²) in [7, 11) is -1.94. The van der Waals surface area contributed by atoms with Crippen LogP contribution in [-0.2, 0) is 14.8 Å². The molecule has 0 bridgehead atoms. The third kappa shape index (κ3) is 2.31. The normalized spacial score (nSPS) is 27.1. The summed E-state index contributed by atoms with van der Waals surface area (Å²) < 4.78 is 25.1. The van der Waals surface area contributed by atoms with Crippen molar-refractivity contribution < 1.29 is 18.3 Å². The summed E-state index contributed by atoms with van der Waals surface area (Å²) in [5, 5.41) is 8.18. The van der Waals surface area contributed by atoms with Crippen LogP contribution in [-0.4, -0.2) is 42.6 Å². The average Bonchev–Trinajstić information content (AvgIpc) is 2.65. The van der Waals surface area contributed by atoms with Crippen molar-refractivity contribution in [1.82, 2.24) is 4.31 Å². The van der Waals surface area contributed by atoms with Crippen molar-refractivity contribution in [2.45, 2.75) is 31.4 Å². The molecule has 1 aliphatic carbocycles. The standard InChI is InChI=1S/C9H17NO4S/c1-3-10(2)15(13,14)8-6-4-5-7(8)9(11)12/h7-8H,3-6H2,1-2H3,(H,11,12). The van der Waals surface area contributed by atoms with Crippen LogP contribution in [0.5, 0.6) is 0 Å². The molecule has 2 atom stereocenters. The van der Waals surface area contributed by atoms with Gasteiger partial charge in [-0.1, -0.05) is 13.3 Å². The van der Waals surface area contributed by atoms with E-state index in [1.54, 1.807) is 6.92 Å². The van der Waals surface area contributed by atoms with E-state index in [0.717, 1.165) is 0 Å². The number of sulfonamides is 1. The Balaban J connectivity index is 2.92. The minimum absolute atomic E-state index is 0.380. The van der Waals surface area contributed by atoms with Gasteiger partial charge in [0, 0.05) is 13.6 Å². The van der Waals surface area contributed by atoms with Gasteiger partial charge in [0.15, 0.2) is 0 Å². The van der Waals surface area contributed by atoms with E-state index in [-0.39, 0.29) is 0 Å². The molecule has 2 unspecified atom stereocenters. The average molecular weight is 235 g/mol. The van der Waals surface area contributed by atoms with Crippen LogP contribution in [0.4, 0.5) is 0 Å². The van der Waals surface area contributed by atoms with Gasteiger partial charge in [-0.15, -0.1) is 0 Å². The van der Waals surface area contributed by atoms with E-state index < -0.39 is 27.2 Å². The van der Waals surface area contributed by atoms with Crippen LogP contribution in [0.15, 0.2) is 0 Å². The summed E-state index contributed by atoms with van der Waals surface area (Å²) in [5.74, 6) is -1.73. The van der Waals surface area contributed by atoms with Crippen LogP contribution >= 0.6 is 0 Å². The van der Waals surface area contributed by atoms with Crippen LogP contribution in [0.3, 0.4) is 0 Å². The summed E-state index contributed by atoms with van der Waals surface area (Å²) in [6.07, 6.45) is 1.61. The largest absolute Gasteiger partial charge is 0.481 e. The fourth-order valence-corrected chi connectivity index (χ4v) is 3.93. The number of carboxylic acid groups (broad SMARTS) is 1. The Hall–Kier alpha value is -0.620. The fraction of sp³-hybridized carbons (Fsp3) is 0.889. The Morgan fingerprint density at radius 1 is 1.47 bits per heavy atom. The Morgan fingerprint density at radius 2 is 2.07 bits per heavy atom. The Labute approximate surface area is 90.1 Å². The molecule has 0 saturated heterocycles. The number of carboxylic acids is 1. The highest BCUT2D eigenvalue weighted by molar-refractivity contribution is 7.89. The molecule has 0 heterocycles. The zero-order valence-corrected chi connectivity index (χ0v) is 9.83. The van der Waals surface area contributed by atoms with Gasteiger partial charge in [-0.2, -0.15) is 0 Å². The van der Waals surface area contributed by atoms with Gasteiger partial charge in [-0.25, -0.2) is 12.7 Å². The summed E-state index contributed by atoms with van der Waals surface area (Å²) in [6.45, 7) is 2.12. The van der Waals surface area contributed by atoms with E-state index in [0.29, 0.717) is 25.8 Å². The predicted octanol–water partition coefficient (Wildman–Crippen LogP) is 0.521. The molecular formula is C9H17NO4S. The molecular weight excluding hydrogens is 218 g/mol. The predicted molar refractivity (Wildman–Crippen MR) is 56.0 cm³/mol. The third-order valence-corrected chi connectivity index (χ3v) is 5.49. The summed E-state index contributed by atoms with van der Waals surface area (Å²) in [6, 6.07) is 0. The zero-order chi connectivity index (χ0) is 11.6. The second-order valence-electron chi connectivity index (χ2n) is 3.87. The Bertz CT molecular complexity index is 338. The van der Waals surface area contributed by atoms with E-state index in [2.05, 4.69) is 0 Å². The van der Waals surface area contributed by atoms with Crippen molar-refractivity contribution in [3.05, 3.63) is 0 Å². The van der Waals surface area contributed by atoms with Gasteiger partial charge in [0.1, 0.15) is 0 Å². The van der Waals surface area contributed by atoms with Crippen LogP contribution < -0.4 is 0 Å². The number of rotatable bonds is 4. The van der Waals surface area contributed by atoms with Crippen molar-refractivity contribution in [1.29, 1.82) is 0 Å². The highest BCUT2D eigenvalue weighted by Crippen LogP contribution is 2.32. The molecule has 1 saturated carbocycles. The van der Waals surface area contributed by atoms with E-state index in [1.807, 2.05) is 0 Å². The van der Waals surface area contributed by atoms with Gasteiger partial charge in [-0.3, -0.25) is 4.79 Å². The molecule has 5 nitrogen and oxygen atoms in total. The number of hydrogen-bond acceptors (Lipinski definition) is 3. The molecule has 0 aliphatic heterocycles. The Kier molecular flexibility index (Phi) is 3.72. The molecule has 1 fully saturated rings. The molecule has 88 valence electrons. The molecule has 1 aliphatic rings. The van der Waals surface area contributed by atoms with Crippen LogP contribution in [0.25, 0.3) is 0 Å². The van der Waals surface area contributed by atoms with Gasteiger partial charge in [-0.05, 0) is 12.8 Å². The number of nitrogens with zero attached hydrogens (tertiary/aromatic N) is 1. The van der Waals surface area contributed by atoms with Crippen molar-refractivity contribution in [3.63, 3.8) is 0 Å². The van der Waals surface area contributed by atoms with Crippen LogP contribution in [0.2, 0.25) is 0 Å². The molecule has 0 aromatic carbocycles. The minimum Gasteiger partial charge on any atom is -0.481 e. The molecule has 0 aromatic rings. The Morgan fingerprint density at radius 3 is 2.53 bits per heavy atom. The lowest BCUT2D eigenvalue weighted by Gasteiger charge is -2.22. The first-order chi connectivity index (χ1) is 6.91. The van der Waals surface area contributed by atoms with Crippen molar-refractivity contribution in [3.8, 4) is 0 Å². The first-order valence-electron chi connectivity index (χ1n) is 5.09. The fourth-order valence-electron chi connectivity index (χ4n) is 1.98. The number of hydrogen-bond donors (Lipinski definition) is 1. The van der Waals surface area contributed by atoms with Gasteiger partial charge < -0.3 is 5.11 Å². The lowest BCUT2D eigenvalue weighted by atomic mass is 10.1. The van der Waals surface area contributed by atoms with E-state index in [9.17, 15) is 13.2 Å². The van der Waals surface area contributed by atoms with E-state index in [1.165, 1.54) is 11.4 Å². The first-order valence-corrected chi connectivity index (χ1v) is 6.59. The quantitative estimate of drug-likeness (QED) is 0.771. The molecule has 0 spiro atoms. The monoisotopic (exact) mass is 235 g/mol. The van der Waals surface area contributed by atoms with E-state index >= 15 is 0 Å². The minimum atomic E-state index is -3.43. The number of aliphatic carboxylic acids is 1. The van der Waals surface area contributed by atoms with Gasteiger partial charge in [0.2, 0.25) is 10.0 Å². The highest BCUT2D eigenvalue weighted by Gasteiger charge is 2.42. The maximum Gasteiger partial charge on any atom is 0.307 e. The smallest absolute Gasteiger partial charge is 0.307 e. The van der Waals surface area contributed by atoms with Crippen molar-refractivity contribution in [2.75, 3.05) is 13.6 Å². The van der Waals surface area contributed by atoms with Crippen molar-refractivity contribution >= 4 is 16.0 Å². The highest BCUT2D eigenvalue weighted by atomic mass is 32.2. The van der Waals surface area contributed by atoms with Gasteiger partial charge in [0.25, 0.3) is 0 Å². The second-order valence-corrected chi connectivity index (χ2v) is 6.13. The van der Waals surface area contributed by atoms with Gasteiger partial charge >= 0.3 is 5.97 Å². The molecule has 1 N–H and O–H groups in total. The number of carbonyl (C=O) groups is 1. The summed E-state index contributed by atoms with van der Waals surface area (Å²) in [4.78, 5) is 10.9. The van der Waals surface area contributed by atoms with Crippen LogP contribution in [0.1, 0.15) is 26.2 Å². The SMILES string of the molecule is CCN(C)S(=O)(=O)C1CCCC1C(=O)O. The van der Waals surface area contributed by atoms with Gasteiger partial charge in [0.05, 0.1) is 11.2 Å². The van der Waals surface area contributed by atoms with Crippen LogP contribution in [0, 0.1) is 5.92 Å². The molecule has 1 rings (SSSR count). The first kappa shape index (κ1) is 12.4. The molecule has 6 heteroatoms. The second kappa shape index (κ2) is 4.49. The lowest BCUT2D eigenvalue weighted by molar-refractivity contribution is -0.141.